The molecule has 2 aromatic carbocycles. The molecule has 3 rings (SSSR count). The zero-order valence-electron chi connectivity index (χ0n) is 17.1. The average molecular weight is 393 g/mol. The Labute approximate surface area is 171 Å². The molecule has 0 spiro atoms. The highest BCUT2D eigenvalue weighted by atomic mass is 16.5. The monoisotopic (exact) mass is 393 g/mol. The summed E-state index contributed by atoms with van der Waals surface area (Å²) >= 11 is 0. The second-order valence-electron chi connectivity index (χ2n) is 6.86. The molecule has 1 unspecified atom stereocenters. The van der Waals surface area contributed by atoms with E-state index in [9.17, 15) is 4.79 Å². The number of hydrogen-bond donors (Lipinski definition) is 2. The van der Waals surface area contributed by atoms with Crippen molar-refractivity contribution in [3.63, 3.8) is 0 Å². The summed E-state index contributed by atoms with van der Waals surface area (Å²) in [4.78, 5) is 12.6. The van der Waals surface area contributed by atoms with Gasteiger partial charge in [0.2, 0.25) is 0 Å². The lowest BCUT2D eigenvalue weighted by Crippen LogP contribution is -2.26. The number of carbonyl (C=O) groups excluding carboxylic acids is 1. The summed E-state index contributed by atoms with van der Waals surface area (Å²) in [6, 6.07) is 17.0. The van der Waals surface area contributed by atoms with Crippen LogP contribution >= 0.6 is 0 Å². The minimum Gasteiger partial charge on any atom is -0.497 e. The Kier molecular flexibility index (Phi) is 6.89. The van der Waals surface area contributed by atoms with Gasteiger partial charge in [-0.1, -0.05) is 25.5 Å². The van der Waals surface area contributed by atoms with Crippen molar-refractivity contribution >= 4 is 5.91 Å². The number of nitrogens with zero attached hydrogens (tertiary/aromatic N) is 1. The van der Waals surface area contributed by atoms with Crippen molar-refractivity contribution in [3.8, 4) is 22.8 Å². The van der Waals surface area contributed by atoms with Crippen LogP contribution in [-0.2, 0) is 0 Å². The zero-order valence-corrected chi connectivity index (χ0v) is 17.1. The van der Waals surface area contributed by atoms with E-state index < -0.39 is 0 Å². The highest BCUT2D eigenvalue weighted by Gasteiger charge is 2.15. The first-order valence-corrected chi connectivity index (χ1v) is 9.84. The highest BCUT2D eigenvalue weighted by Crippen LogP contribution is 2.22. The Hall–Kier alpha value is -3.28. The fourth-order valence-corrected chi connectivity index (χ4v) is 2.89. The van der Waals surface area contributed by atoms with E-state index in [1.165, 1.54) is 0 Å². The van der Waals surface area contributed by atoms with E-state index in [0.29, 0.717) is 11.4 Å². The van der Waals surface area contributed by atoms with Crippen LogP contribution in [0, 0.1) is 0 Å². The lowest BCUT2D eigenvalue weighted by molar-refractivity contribution is 0.0935. The molecule has 0 saturated carbocycles. The van der Waals surface area contributed by atoms with Crippen LogP contribution in [0.4, 0.5) is 0 Å². The maximum atomic E-state index is 12.6. The number of aromatic nitrogens is 2. The van der Waals surface area contributed by atoms with Gasteiger partial charge in [-0.25, -0.2) is 0 Å². The number of hydrogen-bond acceptors (Lipinski definition) is 4. The van der Waals surface area contributed by atoms with Crippen molar-refractivity contribution < 1.29 is 14.3 Å². The number of benzene rings is 2. The third-order valence-corrected chi connectivity index (χ3v) is 4.70. The SMILES string of the molecule is CCCCOc1ccc(-c2cc(C(=O)NC(C)c3ccc(OC)cc3)[nH]n2)cc1. The van der Waals surface area contributed by atoms with Crippen molar-refractivity contribution in [3.05, 3.63) is 65.9 Å². The quantitative estimate of drug-likeness (QED) is 0.514. The molecule has 0 radical (unpaired) electrons. The van der Waals surface area contributed by atoms with Gasteiger partial charge in [-0.05, 0) is 61.4 Å². The van der Waals surface area contributed by atoms with Gasteiger partial charge in [-0.2, -0.15) is 5.10 Å². The molecule has 1 atom stereocenters. The van der Waals surface area contributed by atoms with Gasteiger partial charge in [0.1, 0.15) is 17.2 Å². The molecule has 1 aromatic heterocycles. The molecule has 2 N–H and O–H groups in total. The largest absolute Gasteiger partial charge is 0.497 e. The van der Waals surface area contributed by atoms with Gasteiger partial charge < -0.3 is 14.8 Å². The third-order valence-electron chi connectivity index (χ3n) is 4.70. The molecule has 152 valence electrons. The number of rotatable bonds is 9. The average Bonchev–Trinajstić information content (AvgIpc) is 3.25. The van der Waals surface area contributed by atoms with Crippen molar-refractivity contribution in [2.45, 2.75) is 32.7 Å². The van der Waals surface area contributed by atoms with Crippen LogP contribution < -0.4 is 14.8 Å². The minimum absolute atomic E-state index is 0.139. The van der Waals surface area contributed by atoms with E-state index in [4.69, 9.17) is 9.47 Å². The topological polar surface area (TPSA) is 76.2 Å². The van der Waals surface area contributed by atoms with Crippen LogP contribution in [0.1, 0.15) is 48.8 Å². The first kappa shape index (κ1) is 20.5. The number of unbranched alkanes of at least 4 members (excludes halogenated alkanes) is 1. The first-order valence-electron chi connectivity index (χ1n) is 9.84. The first-order chi connectivity index (χ1) is 14.1. The van der Waals surface area contributed by atoms with Gasteiger partial charge in [-0.3, -0.25) is 9.89 Å². The minimum atomic E-state index is -0.202. The molecule has 0 bridgehead atoms. The third kappa shape index (κ3) is 5.38. The molecule has 1 heterocycles. The summed E-state index contributed by atoms with van der Waals surface area (Å²) in [5.41, 5.74) is 3.06. The lowest BCUT2D eigenvalue weighted by atomic mass is 10.1. The molecule has 0 aliphatic rings. The van der Waals surface area contributed by atoms with Crippen LogP contribution in [-0.4, -0.2) is 29.8 Å². The molecule has 1 amide bonds. The number of nitrogens with one attached hydrogen (secondary N) is 2. The standard InChI is InChI=1S/C23H27N3O3/c1-4-5-14-29-20-12-8-18(9-13-20)21-15-22(26-25-21)23(27)24-16(2)17-6-10-19(28-3)11-7-17/h6-13,15-16H,4-5,14H2,1-3H3,(H,24,27)(H,25,26). The number of H-pyrrole nitrogens is 1. The summed E-state index contributed by atoms with van der Waals surface area (Å²) in [7, 11) is 1.63. The van der Waals surface area contributed by atoms with E-state index in [0.717, 1.165) is 42.1 Å². The Morgan fingerprint density at radius 2 is 1.79 bits per heavy atom. The molecule has 0 aliphatic heterocycles. The number of amides is 1. The summed E-state index contributed by atoms with van der Waals surface area (Å²) < 4.78 is 10.8. The van der Waals surface area contributed by atoms with Crippen molar-refractivity contribution in [1.82, 2.24) is 15.5 Å². The summed E-state index contributed by atoms with van der Waals surface area (Å²) in [5.74, 6) is 1.42. The highest BCUT2D eigenvalue weighted by molar-refractivity contribution is 5.93. The summed E-state index contributed by atoms with van der Waals surface area (Å²) in [6.45, 7) is 4.79. The summed E-state index contributed by atoms with van der Waals surface area (Å²) in [5, 5.41) is 10.1. The molecule has 6 nitrogen and oxygen atoms in total. The van der Waals surface area contributed by atoms with Crippen LogP contribution in [0.25, 0.3) is 11.3 Å². The molecule has 6 heteroatoms. The smallest absolute Gasteiger partial charge is 0.269 e. The Morgan fingerprint density at radius 3 is 2.45 bits per heavy atom. The van der Waals surface area contributed by atoms with Crippen LogP contribution in [0.5, 0.6) is 11.5 Å². The number of aromatic amines is 1. The van der Waals surface area contributed by atoms with Crippen molar-refractivity contribution in [2.24, 2.45) is 0 Å². The van der Waals surface area contributed by atoms with Crippen LogP contribution in [0.2, 0.25) is 0 Å². The van der Waals surface area contributed by atoms with Crippen molar-refractivity contribution in [2.75, 3.05) is 13.7 Å². The Morgan fingerprint density at radius 1 is 1.10 bits per heavy atom. The molecular formula is C23H27N3O3. The number of ether oxygens (including phenoxy) is 2. The van der Waals surface area contributed by atoms with E-state index in [2.05, 4.69) is 22.4 Å². The van der Waals surface area contributed by atoms with E-state index in [1.807, 2.05) is 55.5 Å². The predicted molar refractivity (Wildman–Crippen MR) is 113 cm³/mol. The van der Waals surface area contributed by atoms with Gasteiger partial charge in [0.25, 0.3) is 5.91 Å². The van der Waals surface area contributed by atoms with E-state index >= 15 is 0 Å². The fraction of sp³-hybridized carbons (Fsp3) is 0.304. The van der Waals surface area contributed by atoms with Crippen LogP contribution in [0.3, 0.4) is 0 Å². The lowest BCUT2D eigenvalue weighted by Gasteiger charge is -2.14. The maximum Gasteiger partial charge on any atom is 0.269 e. The van der Waals surface area contributed by atoms with Gasteiger partial charge in [0, 0.05) is 5.56 Å². The van der Waals surface area contributed by atoms with Gasteiger partial charge in [0.05, 0.1) is 25.5 Å². The van der Waals surface area contributed by atoms with Crippen molar-refractivity contribution in [1.29, 1.82) is 0 Å². The molecule has 3 aromatic rings. The molecule has 29 heavy (non-hydrogen) atoms. The molecule has 0 saturated heterocycles. The molecule has 0 aliphatic carbocycles. The fourth-order valence-electron chi connectivity index (χ4n) is 2.89. The molecular weight excluding hydrogens is 366 g/mol. The molecule has 0 fully saturated rings. The Balaban J connectivity index is 1.61. The zero-order chi connectivity index (χ0) is 20.6. The number of methoxy groups -OCH3 is 1. The maximum absolute atomic E-state index is 12.6. The van der Waals surface area contributed by atoms with E-state index in [1.54, 1.807) is 13.2 Å². The summed E-state index contributed by atoms with van der Waals surface area (Å²) in [6.07, 6.45) is 2.14. The van der Waals surface area contributed by atoms with Gasteiger partial charge in [-0.15, -0.1) is 0 Å². The normalized spacial score (nSPS) is 11.7. The number of carbonyl (C=O) groups is 1. The van der Waals surface area contributed by atoms with Crippen LogP contribution in [0.15, 0.2) is 54.6 Å². The second kappa shape index (κ2) is 9.78. The van der Waals surface area contributed by atoms with E-state index in [-0.39, 0.29) is 11.9 Å². The Bertz CT molecular complexity index is 917. The van der Waals surface area contributed by atoms with Gasteiger partial charge >= 0.3 is 0 Å². The van der Waals surface area contributed by atoms with Gasteiger partial charge in [0.15, 0.2) is 0 Å². The second-order valence-corrected chi connectivity index (χ2v) is 6.86. The predicted octanol–water partition coefficient (Wildman–Crippen LogP) is 4.76.